The van der Waals surface area contributed by atoms with E-state index in [4.69, 9.17) is 4.74 Å². The van der Waals surface area contributed by atoms with Crippen molar-refractivity contribution in [2.75, 3.05) is 19.4 Å². The third-order valence-electron chi connectivity index (χ3n) is 3.20. The van der Waals surface area contributed by atoms with Gasteiger partial charge in [-0.15, -0.1) is 0 Å². The zero-order chi connectivity index (χ0) is 16.7. The molecule has 2 aromatic rings. The molecule has 2 rings (SSSR count). The van der Waals surface area contributed by atoms with Gasteiger partial charge in [-0.1, -0.05) is 30.3 Å². The number of nitrogens with one attached hydrogen (secondary N) is 1. The largest absolute Gasteiger partial charge is 0.484 e. The van der Waals surface area contributed by atoms with Gasteiger partial charge in [0.2, 0.25) is 0 Å². The van der Waals surface area contributed by atoms with E-state index in [9.17, 15) is 13.2 Å². The summed E-state index contributed by atoms with van der Waals surface area (Å²) >= 11 is 0. The van der Waals surface area contributed by atoms with E-state index >= 15 is 0 Å². The van der Waals surface area contributed by atoms with Gasteiger partial charge in [0.1, 0.15) is 5.75 Å². The number of amides is 1. The topological polar surface area (TPSA) is 72.5 Å². The first-order valence-corrected chi connectivity index (χ1v) is 9.08. The van der Waals surface area contributed by atoms with Crippen molar-refractivity contribution in [3.63, 3.8) is 0 Å². The minimum absolute atomic E-state index is 0.104. The van der Waals surface area contributed by atoms with Crippen LogP contribution in [-0.2, 0) is 21.1 Å². The first kappa shape index (κ1) is 17.0. The third-order valence-corrected chi connectivity index (χ3v) is 4.33. The molecule has 23 heavy (non-hydrogen) atoms. The molecule has 0 aromatic heterocycles. The maximum atomic E-state index is 11.7. The van der Waals surface area contributed by atoms with Gasteiger partial charge in [0.15, 0.2) is 16.4 Å². The molecular weight excluding hydrogens is 314 g/mol. The van der Waals surface area contributed by atoms with E-state index in [0.29, 0.717) is 12.3 Å². The molecule has 0 radical (unpaired) electrons. The normalized spacial score (nSPS) is 11.0. The molecule has 0 aliphatic rings. The molecule has 0 aliphatic heterocycles. The van der Waals surface area contributed by atoms with Crippen molar-refractivity contribution in [1.82, 2.24) is 5.32 Å². The smallest absolute Gasteiger partial charge is 0.257 e. The second-order valence-electron chi connectivity index (χ2n) is 5.12. The molecule has 0 fully saturated rings. The zero-order valence-corrected chi connectivity index (χ0v) is 13.7. The maximum absolute atomic E-state index is 11.7. The van der Waals surface area contributed by atoms with Gasteiger partial charge < -0.3 is 10.1 Å². The summed E-state index contributed by atoms with van der Waals surface area (Å²) in [5, 5.41) is 2.78. The van der Waals surface area contributed by atoms with E-state index in [1.807, 2.05) is 30.3 Å². The van der Waals surface area contributed by atoms with Crippen molar-refractivity contribution >= 4 is 15.7 Å². The van der Waals surface area contributed by atoms with Crippen LogP contribution >= 0.6 is 0 Å². The lowest BCUT2D eigenvalue weighted by molar-refractivity contribution is -0.123. The summed E-state index contributed by atoms with van der Waals surface area (Å²) in [5.41, 5.74) is 1.16. The van der Waals surface area contributed by atoms with Gasteiger partial charge in [-0.3, -0.25) is 4.79 Å². The van der Waals surface area contributed by atoms with Crippen LogP contribution < -0.4 is 10.1 Å². The zero-order valence-electron chi connectivity index (χ0n) is 12.9. The third kappa shape index (κ3) is 5.75. The molecule has 0 saturated carbocycles. The van der Waals surface area contributed by atoms with E-state index in [2.05, 4.69) is 5.32 Å². The van der Waals surface area contributed by atoms with Crippen LogP contribution in [0, 0.1) is 0 Å². The summed E-state index contributed by atoms with van der Waals surface area (Å²) in [6.45, 7) is 0.437. The van der Waals surface area contributed by atoms with Gasteiger partial charge in [-0.25, -0.2) is 8.42 Å². The predicted molar refractivity (Wildman–Crippen MR) is 88.2 cm³/mol. The molecule has 0 atom stereocenters. The molecule has 0 bridgehead atoms. The van der Waals surface area contributed by atoms with E-state index in [1.54, 1.807) is 0 Å². The van der Waals surface area contributed by atoms with Crippen LogP contribution in [0.15, 0.2) is 59.5 Å². The number of carbonyl (C=O) groups is 1. The second kappa shape index (κ2) is 7.78. The van der Waals surface area contributed by atoms with E-state index in [1.165, 1.54) is 24.3 Å². The minimum atomic E-state index is -3.22. The summed E-state index contributed by atoms with van der Waals surface area (Å²) in [6.07, 6.45) is 1.90. The van der Waals surface area contributed by atoms with Gasteiger partial charge in [0.05, 0.1) is 4.90 Å². The number of hydrogen-bond acceptors (Lipinski definition) is 4. The van der Waals surface area contributed by atoms with Crippen LogP contribution in [0.1, 0.15) is 5.56 Å². The fourth-order valence-corrected chi connectivity index (χ4v) is 2.60. The Morgan fingerprint density at radius 3 is 2.30 bits per heavy atom. The fraction of sp³-hybridized carbons (Fsp3) is 0.235. The molecule has 2 aromatic carbocycles. The van der Waals surface area contributed by atoms with Crippen molar-refractivity contribution in [3.8, 4) is 5.75 Å². The van der Waals surface area contributed by atoms with Crippen molar-refractivity contribution in [2.24, 2.45) is 0 Å². The lowest BCUT2D eigenvalue weighted by Crippen LogP contribution is -2.30. The predicted octanol–water partition coefficient (Wildman–Crippen LogP) is 1.83. The molecule has 0 heterocycles. The van der Waals surface area contributed by atoms with Crippen LogP contribution in [-0.4, -0.2) is 33.7 Å². The molecular formula is C17H19NO4S. The van der Waals surface area contributed by atoms with Gasteiger partial charge >= 0.3 is 0 Å². The van der Waals surface area contributed by atoms with E-state index in [0.717, 1.165) is 18.2 Å². The number of sulfone groups is 1. The fourth-order valence-electron chi connectivity index (χ4n) is 1.97. The Morgan fingerprint density at radius 2 is 1.70 bits per heavy atom. The van der Waals surface area contributed by atoms with Crippen molar-refractivity contribution < 1.29 is 17.9 Å². The summed E-state index contributed by atoms with van der Waals surface area (Å²) in [6, 6.07) is 15.9. The summed E-state index contributed by atoms with van der Waals surface area (Å²) in [4.78, 5) is 11.9. The highest BCUT2D eigenvalue weighted by Crippen LogP contribution is 2.15. The molecule has 122 valence electrons. The first-order chi connectivity index (χ1) is 10.9. The molecule has 0 unspecified atom stereocenters. The van der Waals surface area contributed by atoms with Crippen molar-refractivity contribution in [2.45, 2.75) is 11.3 Å². The van der Waals surface area contributed by atoms with Crippen LogP contribution in [0.25, 0.3) is 0 Å². The Labute approximate surface area is 136 Å². The van der Waals surface area contributed by atoms with Crippen LogP contribution in [0.2, 0.25) is 0 Å². The van der Waals surface area contributed by atoms with Gasteiger partial charge in [0.25, 0.3) is 5.91 Å². The van der Waals surface area contributed by atoms with Crippen LogP contribution in [0.4, 0.5) is 0 Å². The standard InChI is InChI=1S/C17H19NO4S/c1-23(20,21)16-9-7-15(8-10-16)22-13-17(19)18-12-11-14-5-3-2-4-6-14/h2-10H,11-13H2,1H3,(H,18,19). The highest BCUT2D eigenvalue weighted by atomic mass is 32.2. The van der Waals surface area contributed by atoms with E-state index in [-0.39, 0.29) is 17.4 Å². The van der Waals surface area contributed by atoms with Gasteiger partial charge in [-0.05, 0) is 36.2 Å². The highest BCUT2D eigenvalue weighted by molar-refractivity contribution is 7.90. The quantitative estimate of drug-likeness (QED) is 0.839. The molecule has 6 heteroatoms. The second-order valence-corrected chi connectivity index (χ2v) is 7.13. The average molecular weight is 333 g/mol. The number of hydrogen-bond donors (Lipinski definition) is 1. The van der Waals surface area contributed by atoms with Gasteiger partial charge in [-0.2, -0.15) is 0 Å². The lowest BCUT2D eigenvalue weighted by atomic mass is 10.1. The van der Waals surface area contributed by atoms with Crippen molar-refractivity contribution in [3.05, 3.63) is 60.2 Å². The minimum Gasteiger partial charge on any atom is -0.484 e. The Hall–Kier alpha value is -2.34. The Morgan fingerprint density at radius 1 is 1.04 bits per heavy atom. The number of benzene rings is 2. The number of rotatable bonds is 7. The number of ether oxygens (including phenoxy) is 1. The first-order valence-electron chi connectivity index (χ1n) is 7.19. The Bertz CT molecular complexity index is 740. The maximum Gasteiger partial charge on any atom is 0.257 e. The molecule has 0 spiro atoms. The van der Waals surface area contributed by atoms with Crippen LogP contribution in [0.5, 0.6) is 5.75 Å². The lowest BCUT2D eigenvalue weighted by Gasteiger charge is -2.08. The Balaban J connectivity index is 1.74. The average Bonchev–Trinajstić information content (AvgIpc) is 2.53. The monoisotopic (exact) mass is 333 g/mol. The molecule has 1 N–H and O–H groups in total. The van der Waals surface area contributed by atoms with Gasteiger partial charge in [0, 0.05) is 12.8 Å². The summed E-state index contributed by atoms with van der Waals surface area (Å²) in [7, 11) is -3.22. The van der Waals surface area contributed by atoms with Crippen LogP contribution in [0.3, 0.4) is 0 Å². The highest BCUT2D eigenvalue weighted by Gasteiger charge is 2.07. The molecule has 5 nitrogen and oxygen atoms in total. The molecule has 1 amide bonds. The summed E-state index contributed by atoms with van der Waals surface area (Å²) in [5.74, 6) is 0.240. The molecule has 0 saturated heterocycles. The Kier molecular flexibility index (Phi) is 5.76. The number of carbonyl (C=O) groups excluding carboxylic acids is 1. The SMILES string of the molecule is CS(=O)(=O)c1ccc(OCC(=O)NCCc2ccccc2)cc1. The van der Waals surface area contributed by atoms with Crippen molar-refractivity contribution in [1.29, 1.82) is 0 Å². The van der Waals surface area contributed by atoms with E-state index < -0.39 is 9.84 Å². The summed E-state index contributed by atoms with van der Waals surface area (Å²) < 4.78 is 28.0. The molecule has 0 aliphatic carbocycles.